The number of hydrogen-bond acceptors (Lipinski definition) is 2. The van der Waals surface area contributed by atoms with Crippen LogP contribution in [0.25, 0.3) is 21.8 Å². The van der Waals surface area contributed by atoms with Gasteiger partial charge in [-0.1, -0.05) is 31.9 Å². The van der Waals surface area contributed by atoms with Crippen LogP contribution < -0.4 is 0 Å². The quantitative estimate of drug-likeness (QED) is 0.302. The number of hydrogen-bond donors (Lipinski definition) is 2. The van der Waals surface area contributed by atoms with Gasteiger partial charge in [-0.05, 0) is 42.5 Å². The Kier molecular flexibility index (Phi) is 5.82. The van der Waals surface area contributed by atoms with Crippen LogP contribution in [0.5, 0.6) is 0 Å². The molecule has 0 saturated carbocycles. The highest BCUT2D eigenvalue weighted by Gasteiger charge is 2.21. The minimum Gasteiger partial charge on any atom is -0.361 e. The highest BCUT2D eigenvalue weighted by molar-refractivity contribution is 9.10. The molecular formula is C20H17Br2N3O2. The van der Waals surface area contributed by atoms with E-state index in [0.29, 0.717) is 5.56 Å². The maximum absolute atomic E-state index is 11.9. The van der Waals surface area contributed by atoms with Gasteiger partial charge in [0.2, 0.25) is 0 Å². The van der Waals surface area contributed by atoms with Crippen LogP contribution in [0.3, 0.4) is 0 Å². The number of aromatic nitrogens is 2. The van der Waals surface area contributed by atoms with Crippen molar-refractivity contribution in [2.24, 2.45) is 0 Å². The third-order valence-electron chi connectivity index (χ3n) is 4.00. The number of carbonyl (C=O) groups excluding carboxylic acids is 2. The van der Waals surface area contributed by atoms with E-state index in [1.807, 2.05) is 30.5 Å². The Bertz CT molecular complexity index is 1130. The molecule has 0 aliphatic rings. The molecule has 1 amide bonds. The normalized spacial score (nSPS) is 10.5. The van der Waals surface area contributed by atoms with Gasteiger partial charge in [-0.15, -0.1) is 0 Å². The molecule has 138 valence electrons. The third kappa shape index (κ3) is 4.31. The summed E-state index contributed by atoms with van der Waals surface area (Å²) in [6, 6.07) is 13.8. The van der Waals surface area contributed by atoms with Gasteiger partial charge in [0.15, 0.2) is 0 Å². The number of fused-ring (bicyclic) bond motifs is 2. The summed E-state index contributed by atoms with van der Waals surface area (Å²) in [6.45, 7) is 0. The fourth-order valence-corrected chi connectivity index (χ4v) is 3.36. The molecule has 4 rings (SSSR count). The number of Topliss-reactive ketones (excluding diaryl/α,β-unsaturated/α-hetero) is 1. The molecule has 0 bridgehead atoms. The molecular weight excluding hydrogens is 474 g/mol. The van der Waals surface area contributed by atoms with Gasteiger partial charge in [0, 0.05) is 57.2 Å². The number of aromatic amines is 2. The van der Waals surface area contributed by atoms with E-state index < -0.39 is 11.7 Å². The van der Waals surface area contributed by atoms with Gasteiger partial charge in [0.05, 0.1) is 5.56 Å². The van der Waals surface area contributed by atoms with E-state index in [1.54, 1.807) is 20.3 Å². The summed E-state index contributed by atoms with van der Waals surface area (Å²) in [5.41, 5.74) is 2.42. The van der Waals surface area contributed by atoms with Crippen molar-refractivity contribution in [2.75, 3.05) is 14.1 Å². The number of carbonyl (C=O) groups is 2. The van der Waals surface area contributed by atoms with Gasteiger partial charge in [-0.2, -0.15) is 0 Å². The SMILES string of the molecule is Brc1ccc2[nH]ccc2c1.CN(C)C(=O)C(=O)c1c[nH]c2ccc(Br)cc12. The number of likely N-dealkylation sites (N-methyl/N-ethyl adjacent to an activating group) is 1. The molecule has 2 heterocycles. The monoisotopic (exact) mass is 489 g/mol. The Balaban J connectivity index is 0.000000177. The van der Waals surface area contributed by atoms with Crippen LogP contribution in [0, 0.1) is 0 Å². The van der Waals surface area contributed by atoms with Crippen molar-refractivity contribution in [3.63, 3.8) is 0 Å². The topological polar surface area (TPSA) is 69.0 Å². The van der Waals surface area contributed by atoms with E-state index in [4.69, 9.17) is 0 Å². The van der Waals surface area contributed by atoms with Crippen molar-refractivity contribution >= 4 is 65.4 Å². The first-order valence-electron chi connectivity index (χ1n) is 8.12. The fourth-order valence-electron chi connectivity index (χ4n) is 2.62. The summed E-state index contributed by atoms with van der Waals surface area (Å²) < 4.78 is 2.00. The second-order valence-corrected chi connectivity index (χ2v) is 7.96. The van der Waals surface area contributed by atoms with E-state index in [1.165, 1.54) is 15.8 Å². The highest BCUT2D eigenvalue weighted by atomic mass is 79.9. The average Bonchev–Trinajstić information content (AvgIpc) is 3.26. The molecule has 0 fully saturated rings. The summed E-state index contributed by atoms with van der Waals surface area (Å²) in [4.78, 5) is 30.9. The van der Waals surface area contributed by atoms with Crippen LogP contribution >= 0.6 is 31.9 Å². The lowest BCUT2D eigenvalue weighted by Gasteiger charge is -2.07. The van der Waals surface area contributed by atoms with Gasteiger partial charge in [-0.25, -0.2) is 0 Å². The maximum atomic E-state index is 11.9. The number of benzene rings is 2. The second-order valence-electron chi connectivity index (χ2n) is 6.13. The number of H-pyrrole nitrogens is 2. The first-order valence-corrected chi connectivity index (χ1v) is 9.70. The summed E-state index contributed by atoms with van der Waals surface area (Å²) in [6.07, 6.45) is 3.51. The molecule has 0 spiro atoms. The molecule has 0 saturated heterocycles. The minimum atomic E-state index is -0.522. The number of rotatable bonds is 2. The Morgan fingerprint density at radius 2 is 1.56 bits per heavy atom. The van der Waals surface area contributed by atoms with Crippen LogP contribution in [0.4, 0.5) is 0 Å². The lowest BCUT2D eigenvalue weighted by Crippen LogP contribution is -2.29. The standard InChI is InChI=1S/C12H11BrN2O2.C8H6BrN/c1-15(2)12(17)11(16)9-6-14-10-4-3-7(13)5-8(9)10;9-7-1-2-8-6(5-7)3-4-10-8/h3-6,14H,1-2H3;1-5,10H. The van der Waals surface area contributed by atoms with Crippen LogP contribution in [-0.2, 0) is 4.79 Å². The predicted octanol–water partition coefficient (Wildman–Crippen LogP) is 5.13. The Morgan fingerprint density at radius 1 is 0.889 bits per heavy atom. The Labute approximate surface area is 173 Å². The van der Waals surface area contributed by atoms with Gasteiger partial charge in [0.1, 0.15) is 0 Å². The molecule has 2 N–H and O–H groups in total. The largest absolute Gasteiger partial charge is 0.361 e. The molecule has 0 atom stereocenters. The second kappa shape index (κ2) is 8.10. The van der Waals surface area contributed by atoms with Crippen LogP contribution in [0.1, 0.15) is 10.4 Å². The van der Waals surface area contributed by atoms with Crippen LogP contribution in [0.2, 0.25) is 0 Å². The molecule has 0 aliphatic heterocycles. The molecule has 0 aliphatic carbocycles. The van der Waals surface area contributed by atoms with Crippen molar-refractivity contribution in [3.05, 3.63) is 69.4 Å². The van der Waals surface area contributed by atoms with Crippen molar-refractivity contribution < 1.29 is 9.59 Å². The lowest BCUT2D eigenvalue weighted by molar-refractivity contribution is -0.124. The zero-order valence-electron chi connectivity index (χ0n) is 14.7. The average molecular weight is 491 g/mol. The van der Waals surface area contributed by atoms with Gasteiger partial charge < -0.3 is 14.9 Å². The van der Waals surface area contributed by atoms with Crippen molar-refractivity contribution in [3.8, 4) is 0 Å². The van der Waals surface area contributed by atoms with Crippen molar-refractivity contribution in [1.82, 2.24) is 14.9 Å². The van der Waals surface area contributed by atoms with Crippen molar-refractivity contribution in [1.29, 1.82) is 0 Å². The lowest BCUT2D eigenvalue weighted by atomic mass is 10.1. The molecule has 4 aromatic rings. The summed E-state index contributed by atoms with van der Waals surface area (Å²) >= 11 is 6.75. The molecule has 0 unspecified atom stereocenters. The van der Waals surface area contributed by atoms with Gasteiger partial charge >= 0.3 is 0 Å². The van der Waals surface area contributed by atoms with Gasteiger partial charge in [-0.3, -0.25) is 9.59 Å². The van der Waals surface area contributed by atoms with Crippen LogP contribution in [0.15, 0.2) is 63.8 Å². The number of nitrogens with zero attached hydrogens (tertiary/aromatic N) is 1. The van der Waals surface area contributed by atoms with Crippen molar-refractivity contribution in [2.45, 2.75) is 0 Å². The number of amides is 1. The number of ketones is 1. The molecule has 5 nitrogen and oxygen atoms in total. The molecule has 0 radical (unpaired) electrons. The molecule has 2 aromatic carbocycles. The Morgan fingerprint density at radius 3 is 2.26 bits per heavy atom. The maximum Gasteiger partial charge on any atom is 0.294 e. The van der Waals surface area contributed by atoms with E-state index in [-0.39, 0.29) is 0 Å². The minimum absolute atomic E-state index is 0.403. The number of nitrogens with one attached hydrogen (secondary N) is 2. The summed E-state index contributed by atoms with van der Waals surface area (Å²) in [7, 11) is 3.12. The third-order valence-corrected chi connectivity index (χ3v) is 4.99. The zero-order valence-corrected chi connectivity index (χ0v) is 17.9. The number of halogens is 2. The van der Waals surface area contributed by atoms with E-state index in [9.17, 15) is 9.59 Å². The smallest absolute Gasteiger partial charge is 0.294 e. The molecule has 2 aromatic heterocycles. The summed E-state index contributed by atoms with van der Waals surface area (Å²) in [5, 5.41) is 1.99. The van der Waals surface area contributed by atoms with E-state index >= 15 is 0 Å². The first-order chi connectivity index (χ1) is 12.9. The molecule has 7 heteroatoms. The van der Waals surface area contributed by atoms with E-state index in [0.717, 1.165) is 19.8 Å². The Hall–Kier alpha value is -2.38. The summed E-state index contributed by atoms with van der Waals surface area (Å²) in [5.74, 6) is -1.02. The zero-order chi connectivity index (χ0) is 19.6. The van der Waals surface area contributed by atoms with Crippen LogP contribution in [-0.4, -0.2) is 40.7 Å². The van der Waals surface area contributed by atoms with E-state index in [2.05, 4.69) is 60.0 Å². The van der Waals surface area contributed by atoms with Gasteiger partial charge in [0.25, 0.3) is 11.7 Å². The first kappa shape index (κ1) is 19.4. The predicted molar refractivity (Wildman–Crippen MR) is 115 cm³/mol. The fraction of sp³-hybridized carbons (Fsp3) is 0.100. The molecule has 27 heavy (non-hydrogen) atoms. The highest BCUT2D eigenvalue weighted by Crippen LogP contribution is 2.23.